The molecule has 2 aromatic rings. The number of para-hydroxylation sites is 1. The van der Waals surface area contributed by atoms with Gasteiger partial charge in [0.25, 0.3) is 0 Å². The van der Waals surface area contributed by atoms with E-state index < -0.39 is 0 Å². The zero-order valence-corrected chi connectivity index (χ0v) is 14.2. The maximum Gasteiger partial charge on any atom is 0.231 e. The van der Waals surface area contributed by atoms with E-state index in [9.17, 15) is 4.79 Å². The highest BCUT2D eigenvalue weighted by molar-refractivity contribution is 5.96. The number of fused-ring (bicyclic) bond motifs is 1. The van der Waals surface area contributed by atoms with Crippen molar-refractivity contribution in [3.05, 3.63) is 54.1 Å². The molecule has 0 radical (unpaired) electrons. The van der Waals surface area contributed by atoms with Gasteiger partial charge in [-0.1, -0.05) is 18.2 Å². The first-order valence-corrected chi connectivity index (χ1v) is 8.75. The highest BCUT2D eigenvalue weighted by Crippen LogP contribution is 2.32. The minimum atomic E-state index is 0.156. The number of anilines is 1. The second kappa shape index (κ2) is 7.15. The number of ether oxygens (including phenoxy) is 2. The van der Waals surface area contributed by atoms with Crippen molar-refractivity contribution in [2.75, 3.05) is 44.4 Å². The predicted octanol–water partition coefficient (Wildman–Crippen LogP) is 2.81. The maximum absolute atomic E-state index is 12.4. The van der Waals surface area contributed by atoms with E-state index >= 15 is 0 Å². The molecule has 4 rings (SSSR count). The lowest BCUT2D eigenvalue weighted by Crippen LogP contribution is -2.46. The number of hydrogen-bond donors (Lipinski definition) is 0. The summed E-state index contributed by atoms with van der Waals surface area (Å²) < 4.78 is 10.6. The summed E-state index contributed by atoms with van der Waals surface area (Å²) in [6.07, 6.45) is 0.533. The molecule has 5 heteroatoms. The molecular weight excluding hydrogens is 316 g/mol. The second-order valence-corrected chi connectivity index (χ2v) is 6.41. The first-order chi connectivity index (χ1) is 12.3. The average molecular weight is 338 g/mol. The topological polar surface area (TPSA) is 42.0 Å². The highest BCUT2D eigenvalue weighted by atomic mass is 16.7. The van der Waals surface area contributed by atoms with Crippen LogP contribution in [0.15, 0.2) is 48.5 Å². The van der Waals surface area contributed by atoms with Crippen LogP contribution < -0.4 is 14.4 Å². The van der Waals surface area contributed by atoms with Gasteiger partial charge in [0.05, 0.1) is 0 Å². The Kier molecular flexibility index (Phi) is 4.57. The van der Waals surface area contributed by atoms with Gasteiger partial charge in [0.1, 0.15) is 0 Å². The van der Waals surface area contributed by atoms with E-state index in [1.807, 2.05) is 18.2 Å². The van der Waals surface area contributed by atoms with Crippen LogP contribution in [0.5, 0.6) is 11.5 Å². The molecule has 0 saturated carbocycles. The van der Waals surface area contributed by atoms with Gasteiger partial charge in [-0.2, -0.15) is 0 Å². The van der Waals surface area contributed by atoms with Crippen molar-refractivity contribution in [2.24, 2.45) is 0 Å². The van der Waals surface area contributed by atoms with Crippen molar-refractivity contribution in [1.29, 1.82) is 0 Å². The average Bonchev–Trinajstić information content (AvgIpc) is 3.15. The van der Waals surface area contributed by atoms with Gasteiger partial charge in [0, 0.05) is 50.4 Å². The highest BCUT2D eigenvalue weighted by Gasteiger charge is 2.19. The third-order valence-electron chi connectivity index (χ3n) is 4.84. The monoisotopic (exact) mass is 338 g/mol. The summed E-state index contributed by atoms with van der Waals surface area (Å²) in [5.41, 5.74) is 1.98. The van der Waals surface area contributed by atoms with Gasteiger partial charge in [-0.25, -0.2) is 0 Å². The molecule has 1 fully saturated rings. The fourth-order valence-electron chi connectivity index (χ4n) is 3.34. The number of benzene rings is 2. The summed E-state index contributed by atoms with van der Waals surface area (Å²) in [7, 11) is 0. The lowest BCUT2D eigenvalue weighted by molar-refractivity contribution is 0.0962. The minimum Gasteiger partial charge on any atom is -0.454 e. The number of rotatable bonds is 5. The molecule has 0 spiro atoms. The first kappa shape index (κ1) is 16.0. The van der Waals surface area contributed by atoms with Crippen LogP contribution in [0.2, 0.25) is 0 Å². The van der Waals surface area contributed by atoms with Crippen LogP contribution in [0.4, 0.5) is 5.69 Å². The number of Topliss-reactive ketones (excluding diaryl/α,β-unsaturated/α-hetero) is 1. The Balaban J connectivity index is 1.27. The molecule has 0 amide bonds. The fraction of sp³-hybridized carbons (Fsp3) is 0.350. The molecule has 5 nitrogen and oxygen atoms in total. The molecule has 1 saturated heterocycles. The molecular formula is C20H22N2O3. The smallest absolute Gasteiger partial charge is 0.231 e. The Labute approximate surface area is 147 Å². The first-order valence-electron chi connectivity index (χ1n) is 8.75. The van der Waals surface area contributed by atoms with Crippen LogP contribution in [-0.2, 0) is 0 Å². The SMILES string of the molecule is O=C(CCN1CCN(c2ccccc2)CC1)c1ccc2c(c1)OCO2. The summed E-state index contributed by atoms with van der Waals surface area (Å²) >= 11 is 0. The van der Waals surface area contributed by atoms with E-state index in [0.717, 1.165) is 32.7 Å². The zero-order chi connectivity index (χ0) is 17.1. The normalized spacial score (nSPS) is 16.9. The molecule has 0 unspecified atom stereocenters. The van der Waals surface area contributed by atoms with Gasteiger partial charge in [-0.05, 0) is 30.3 Å². The summed E-state index contributed by atoms with van der Waals surface area (Å²) in [5, 5.41) is 0. The minimum absolute atomic E-state index is 0.156. The van der Waals surface area contributed by atoms with E-state index in [1.165, 1.54) is 5.69 Å². The number of piperazine rings is 1. The third-order valence-corrected chi connectivity index (χ3v) is 4.84. The Morgan fingerprint density at radius 2 is 1.68 bits per heavy atom. The summed E-state index contributed by atoms with van der Waals surface area (Å²) in [4.78, 5) is 17.2. The summed E-state index contributed by atoms with van der Waals surface area (Å²) in [6.45, 7) is 5.02. The molecule has 0 aliphatic carbocycles. The van der Waals surface area contributed by atoms with Gasteiger partial charge in [0.2, 0.25) is 6.79 Å². The van der Waals surface area contributed by atoms with Crippen molar-refractivity contribution in [1.82, 2.24) is 4.90 Å². The van der Waals surface area contributed by atoms with Crippen LogP contribution in [0, 0.1) is 0 Å². The van der Waals surface area contributed by atoms with E-state index in [-0.39, 0.29) is 12.6 Å². The molecule has 0 atom stereocenters. The van der Waals surface area contributed by atoms with E-state index in [0.29, 0.717) is 23.5 Å². The summed E-state index contributed by atoms with van der Waals surface area (Å²) in [6, 6.07) is 15.9. The van der Waals surface area contributed by atoms with Crippen LogP contribution in [-0.4, -0.2) is 50.2 Å². The second-order valence-electron chi connectivity index (χ2n) is 6.41. The predicted molar refractivity (Wildman–Crippen MR) is 96.6 cm³/mol. The van der Waals surface area contributed by atoms with E-state index in [2.05, 4.69) is 34.1 Å². The van der Waals surface area contributed by atoms with Gasteiger partial charge < -0.3 is 14.4 Å². The van der Waals surface area contributed by atoms with Crippen molar-refractivity contribution >= 4 is 11.5 Å². The van der Waals surface area contributed by atoms with Crippen molar-refractivity contribution in [3.63, 3.8) is 0 Å². The standard InChI is InChI=1S/C20H22N2O3/c23-18(16-6-7-19-20(14-16)25-15-24-19)8-9-21-10-12-22(13-11-21)17-4-2-1-3-5-17/h1-7,14H,8-13,15H2. The molecule has 2 aromatic carbocycles. The molecule has 0 bridgehead atoms. The molecule has 2 aliphatic rings. The van der Waals surface area contributed by atoms with Crippen molar-refractivity contribution < 1.29 is 14.3 Å². The Morgan fingerprint density at radius 3 is 2.48 bits per heavy atom. The molecule has 0 aromatic heterocycles. The molecule has 130 valence electrons. The molecule has 2 aliphatic heterocycles. The van der Waals surface area contributed by atoms with Crippen LogP contribution in [0.25, 0.3) is 0 Å². The lowest BCUT2D eigenvalue weighted by Gasteiger charge is -2.36. The van der Waals surface area contributed by atoms with Crippen molar-refractivity contribution in [2.45, 2.75) is 6.42 Å². The fourth-order valence-corrected chi connectivity index (χ4v) is 3.34. The van der Waals surface area contributed by atoms with Crippen molar-refractivity contribution in [3.8, 4) is 11.5 Å². The third kappa shape index (κ3) is 3.61. The van der Waals surface area contributed by atoms with Gasteiger partial charge >= 0.3 is 0 Å². The van der Waals surface area contributed by atoms with Gasteiger partial charge in [-0.3, -0.25) is 9.69 Å². The van der Waals surface area contributed by atoms with Crippen LogP contribution in [0.1, 0.15) is 16.8 Å². The lowest BCUT2D eigenvalue weighted by atomic mass is 10.1. The number of carbonyl (C=O) groups is 1. The van der Waals surface area contributed by atoms with E-state index in [1.54, 1.807) is 6.07 Å². The Bertz CT molecular complexity index is 740. The summed E-state index contributed by atoms with van der Waals surface area (Å²) in [5.74, 6) is 1.54. The molecule has 0 N–H and O–H groups in total. The number of carbonyl (C=O) groups excluding carboxylic acids is 1. The number of hydrogen-bond acceptors (Lipinski definition) is 5. The quantitative estimate of drug-likeness (QED) is 0.784. The maximum atomic E-state index is 12.4. The molecule has 2 heterocycles. The largest absolute Gasteiger partial charge is 0.454 e. The Morgan fingerprint density at radius 1 is 0.920 bits per heavy atom. The van der Waals surface area contributed by atoms with Crippen LogP contribution >= 0.6 is 0 Å². The van der Waals surface area contributed by atoms with Gasteiger partial charge in [-0.15, -0.1) is 0 Å². The number of nitrogens with zero attached hydrogens (tertiary/aromatic N) is 2. The number of ketones is 1. The molecule has 25 heavy (non-hydrogen) atoms. The van der Waals surface area contributed by atoms with Crippen LogP contribution in [0.3, 0.4) is 0 Å². The Hall–Kier alpha value is -2.53. The van der Waals surface area contributed by atoms with E-state index in [4.69, 9.17) is 9.47 Å². The van der Waals surface area contributed by atoms with Gasteiger partial charge in [0.15, 0.2) is 17.3 Å². The zero-order valence-electron chi connectivity index (χ0n) is 14.2.